The van der Waals surface area contributed by atoms with Crippen molar-refractivity contribution in [3.8, 4) is 0 Å². The van der Waals surface area contributed by atoms with E-state index in [1.807, 2.05) is 19.0 Å². The summed E-state index contributed by atoms with van der Waals surface area (Å²) >= 11 is 0. The van der Waals surface area contributed by atoms with E-state index < -0.39 is 21.8 Å². The Labute approximate surface area is 177 Å². The zero-order valence-electron chi connectivity index (χ0n) is 17.3. The minimum Gasteiger partial charge on any atom is -0.305 e. The van der Waals surface area contributed by atoms with Crippen LogP contribution in [0.25, 0.3) is 0 Å². The molecule has 0 bridgehead atoms. The molecule has 2 aromatic carbocycles. The van der Waals surface area contributed by atoms with Gasteiger partial charge in [-0.1, -0.05) is 12.1 Å². The van der Waals surface area contributed by atoms with Crippen LogP contribution in [0.4, 0.5) is 14.9 Å². The summed E-state index contributed by atoms with van der Waals surface area (Å²) in [5.74, 6) is -0.520. The largest absolute Gasteiger partial charge is 0.354 e. The lowest BCUT2D eigenvalue weighted by atomic mass is 9.99. The van der Waals surface area contributed by atoms with Crippen LogP contribution in [0, 0.1) is 5.82 Å². The predicted octanol–water partition coefficient (Wildman–Crippen LogP) is 3.80. The van der Waals surface area contributed by atoms with Gasteiger partial charge in [-0.25, -0.2) is 18.5 Å². The molecular weight excluding hydrogens is 403 g/mol. The Bertz CT molecular complexity index is 1100. The number of carbonyl (C=O) groups excluding carboxylic acids is 1. The van der Waals surface area contributed by atoms with Crippen LogP contribution in [-0.4, -0.2) is 29.2 Å². The Kier molecular flexibility index (Phi) is 5.65. The van der Waals surface area contributed by atoms with E-state index in [1.54, 1.807) is 0 Å². The van der Waals surface area contributed by atoms with Gasteiger partial charge in [0, 0.05) is 17.8 Å². The van der Waals surface area contributed by atoms with Crippen molar-refractivity contribution in [3.63, 3.8) is 0 Å². The Morgan fingerprint density at radius 1 is 1.13 bits per heavy atom. The van der Waals surface area contributed by atoms with Gasteiger partial charge in [-0.3, -0.25) is 0 Å². The molecule has 8 heteroatoms. The average Bonchev–Trinajstić information content (AvgIpc) is 3.31. The first-order valence-electron chi connectivity index (χ1n) is 10.2. The molecule has 0 aliphatic heterocycles. The predicted molar refractivity (Wildman–Crippen MR) is 116 cm³/mol. The van der Waals surface area contributed by atoms with Crippen LogP contribution in [0.3, 0.4) is 0 Å². The number of hydrogen-bond donors (Lipinski definition) is 2. The number of amides is 2. The minimum absolute atomic E-state index is 0.00109. The molecule has 0 fully saturated rings. The van der Waals surface area contributed by atoms with E-state index in [2.05, 4.69) is 15.7 Å². The summed E-state index contributed by atoms with van der Waals surface area (Å²) in [6.07, 6.45) is 5.96. The van der Waals surface area contributed by atoms with Crippen LogP contribution in [0.15, 0.2) is 33.5 Å². The Morgan fingerprint density at radius 3 is 2.33 bits per heavy atom. The molecule has 2 aliphatic carbocycles. The second-order valence-corrected chi connectivity index (χ2v) is 10.1. The van der Waals surface area contributed by atoms with Gasteiger partial charge in [-0.2, -0.15) is 0 Å². The van der Waals surface area contributed by atoms with Crippen molar-refractivity contribution >= 4 is 21.6 Å². The summed E-state index contributed by atoms with van der Waals surface area (Å²) < 4.78 is 31.0. The first-order valence-corrected chi connectivity index (χ1v) is 11.8. The standard InChI is InChI=1S/C22H27FN4O2S/c1-27(2)13-16-9-10-17(12-20(16)23)30(24,29)26-22(28)25-21-18-7-3-5-14(18)11-15-6-4-8-19(15)21/h9-12H,3-8,13H2,1-2H3,(H3,24,25,26,28,29)/t30-/m0/s1. The molecule has 0 aromatic heterocycles. The van der Waals surface area contributed by atoms with E-state index in [0.29, 0.717) is 12.1 Å². The Balaban J connectivity index is 1.62. The number of nitrogens with two attached hydrogens (primary N) is 1. The van der Waals surface area contributed by atoms with Crippen molar-refractivity contribution in [3.05, 3.63) is 57.9 Å². The fraction of sp³-hybridized carbons (Fsp3) is 0.409. The molecule has 1 atom stereocenters. The average molecular weight is 431 g/mol. The van der Waals surface area contributed by atoms with Gasteiger partial charge >= 0.3 is 6.03 Å². The molecule has 6 nitrogen and oxygen atoms in total. The zero-order chi connectivity index (χ0) is 21.5. The summed E-state index contributed by atoms with van der Waals surface area (Å²) in [7, 11) is 0.0930. The second kappa shape index (κ2) is 8.09. The van der Waals surface area contributed by atoms with E-state index in [9.17, 15) is 13.4 Å². The molecule has 160 valence electrons. The molecule has 30 heavy (non-hydrogen) atoms. The lowest BCUT2D eigenvalue weighted by molar-refractivity contribution is 0.260. The highest BCUT2D eigenvalue weighted by molar-refractivity contribution is 7.91. The van der Waals surface area contributed by atoms with Crippen LogP contribution < -0.4 is 10.5 Å². The molecule has 0 heterocycles. The number of carbonyl (C=O) groups is 1. The number of fused-ring (bicyclic) bond motifs is 2. The van der Waals surface area contributed by atoms with Crippen LogP contribution in [-0.2, 0) is 42.1 Å². The summed E-state index contributed by atoms with van der Waals surface area (Å²) in [6, 6.07) is 5.62. The lowest BCUT2D eigenvalue weighted by Gasteiger charge is -2.15. The minimum atomic E-state index is -3.57. The number of hydrogen-bond acceptors (Lipinski definition) is 3. The van der Waals surface area contributed by atoms with Gasteiger partial charge < -0.3 is 10.2 Å². The van der Waals surface area contributed by atoms with Gasteiger partial charge in [0.05, 0.1) is 4.90 Å². The molecule has 2 amide bonds. The molecule has 0 radical (unpaired) electrons. The van der Waals surface area contributed by atoms with Crippen LogP contribution in [0.1, 0.15) is 40.7 Å². The summed E-state index contributed by atoms with van der Waals surface area (Å²) in [6.45, 7) is 0.403. The summed E-state index contributed by atoms with van der Waals surface area (Å²) in [5, 5.41) is 8.72. The maximum Gasteiger partial charge on any atom is 0.354 e. The van der Waals surface area contributed by atoms with E-state index in [4.69, 9.17) is 5.14 Å². The van der Waals surface area contributed by atoms with Crippen LogP contribution in [0.5, 0.6) is 0 Å². The number of benzene rings is 2. The number of urea groups is 1. The van der Waals surface area contributed by atoms with Gasteiger partial charge in [0.1, 0.15) is 15.7 Å². The van der Waals surface area contributed by atoms with E-state index in [-0.39, 0.29) is 4.90 Å². The number of nitrogens with one attached hydrogen (secondary N) is 1. The topological polar surface area (TPSA) is 87.8 Å². The molecule has 4 rings (SSSR count). The number of nitrogens with zero attached hydrogens (tertiary/aromatic N) is 2. The van der Waals surface area contributed by atoms with E-state index >= 15 is 0 Å². The highest BCUT2D eigenvalue weighted by Gasteiger charge is 2.25. The molecular formula is C22H27FN4O2S. The van der Waals surface area contributed by atoms with Crippen molar-refractivity contribution in [2.24, 2.45) is 9.50 Å². The maximum atomic E-state index is 14.4. The van der Waals surface area contributed by atoms with Crippen molar-refractivity contribution in [1.29, 1.82) is 0 Å². The first kappa shape index (κ1) is 21.0. The van der Waals surface area contributed by atoms with Crippen LogP contribution >= 0.6 is 0 Å². The summed E-state index contributed by atoms with van der Waals surface area (Å²) in [4.78, 5) is 14.5. The fourth-order valence-corrected chi connectivity index (χ4v) is 5.38. The molecule has 0 saturated heterocycles. The number of halogens is 1. The zero-order valence-corrected chi connectivity index (χ0v) is 18.2. The van der Waals surface area contributed by atoms with Crippen molar-refractivity contribution in [2.75, 3.05) is 19.4 Å². The first-order chi connectivity index (χ1) is 14.2. The normalized spacial score (nSPS) is 16.8. The smallest absolute Gasteiger partial charge is 0.305 e. The lowest BCUT2D eigenvalue weighted by Crippen LogP contribution is -2.19. The third-order valence-electron chi connectivity index (χ3n) is 5.77. The number of aryl methyl sites for hydroxylation is 2. The Hall–Kier alpha value is -2.29. The molecule has 0 spiro atoms. The third kappa shape index (κ3) is 4.12. The molecule has 0 unspecified atom stereocenters. The molecule has 2 aromatic rings. The van der Waals surface area contributed by atoms with E-state index in [1.165, 1.54) is 23.3 Å². The van der Waals surface area contributed by atoms with Crippen molar-refractivity contribution < 1.29 is 13.4 Å². The molecule has 0 saturated carbocycles. The quantitative estimate of drug-likeness (QED) is 0.773. The highest BCUT2D eigenvalue weighted by Crippen LogP contribution is 2.38. The second-order valence-electron chi connectivity index (χ2n) is 8.32. The number of anilines is 1. The molecule has 2 aliphatic rings. The highest BCUT2D eigenvalue weighted by atomic mass is 32.2. The fourth-order valence-electron chi connectivity index (χ4n) is 4.45. The molecule has 3 N–H and O–H groups in total. The Morgan fingerprint density at radius 2 is 1.77 bits per heavy atom. The van der Waals surface area contributed by atoms with Crippen LogP contribution in [0.2, 0.25) is 0 Å². The maximum absolute atomic E-state index is 14.4. The van der Waals surface area contributed by atoms with Gasteiger partial charge in [-0.15, -0.1) is 4.36 Å². The van der Waals surface area contributed by atoms with E-state index in [0.717, 1.165) is 61.4 Å². The van der Waals surface area contributed by atoms with Gasteiger partial charge in [0.15, 0.2) is 0 Å². The van der Waals surface area contributed by atoms with Gasteiger partial charge in [0.25, 0.3) is 0 Å². The third-order valence-corrected chi connectivity index (χ3v) is 7.14. The SMILES string of the molecule is CN(C)Cc1ccc([S@@](N)(=O)=NC(=O)Nc2c3c(cc4c2CCC4)CCC3)cc1F. The van der Waals surface area contributed by atoms with Gasteiger partial charge in [-0.05, 0) is 87.0 Å². The number of rotatable bonds is 4. The van der Waals surface area contributed by atoms with Crippen molar-refractivity contribution in [2.45, 2.75) is 50.0 Å². The summed E-state index contributed by atoms with van der Waals surface area (Å²) in [5.41, 5.74) is 6.13. The monoisotopic (exact) mass is 430 g/mol. The van der Waals surface area contributed by atoms with Gasteiger partial charge in [0.2, 0.25) is 0 Å². The van der Waals surface area contributed by atoms with Crippen molar-refractivity contribution in [1.82, 2.24) is 4.90 Å².